The van der Waals surface area contributed by atoms with Gasteiger partial charge >= 0.3 is 0 Å². The predicted molar refractivity (Wildman–Crippen MR) is 90.0 cm³/mol. The average Bonchev–Trinajstić information content (AvgIpc) is 2.93. The Labute approximate surface area is 130 Å². The molecule has 3 heteroatoms. The Hall–Kier alpha value is -2.55. The van der Waals surface area contributed by atoms with Gasteiger partial charge in [-0.15, -0.1) is 0 Å². The molecule has 22 heavy (non-hydrogen) atoms. The van der Waals surface area contributed by atoms with Crippen LogP contribution in [0.2, 0.25) is 0 Å². The van der Waals surface area contributed by atoms with Gasteiger partial charge in [0.05, 0.1) is 0 Å². The summed E-state index contributed by atoms with van der Waals surface area (Å²) in [7, 11) is 0. The van der Waals surface area contributed by atoms with E-state index in [2.05, 4.69) is 59.8 Å². The molecule has 0 saturated heterocycles. The van der Waals surface area contributed by atoms with Crippen molar-refractivity contribution in [3.05, 3.63) is 71.4 Å². The van der Waals surface area contributed by atoms with Crippen LogP contribution in [0.25, 0.3) is 10.9 Å². The van der Waals surface area contributed by atoms with E-state index < -0.39 is 0 Å². The molecule has 2 N–H and O–H groups in total. The highest BCUT2D eigenvalue weighted by molar-refractivity contribution is 5.84. The van der Waals surface area contributed by atoms with Crippen molar-refractivity contribution in [1.29, 1.82) is 0 Å². The lowest BCUT2D eigenvalue weighted by Crippen LogP contribution is -2.26. The quantitative estimate of drug-likeness (QED) is 0.756. The fraction of sp³-hybridized carbons (Fsp3) is 0.211. The van der Waals surface area contributed by atoms with Gasteiger partial charge in [0.2, 0.25) is 5.91 Å². The third-order valence-corrected chi connectivity index (χ3v) is 4.03. The van der Waals surface area contributed by atoms with E-state index in [-0.39, 0.29) is 11.8 Å². The topological polar surface area (TPSA) is 44.9 Å². The number of carbonyl (C=O) groups excluding carboxylic acids is 1. The number of carbonyl (C=O) groups is 1. The molecule has 0 radical (unpaired) electrons. The van der Waals surface area contributed by atoms with Crippen molar-refractivity contribution in [3.8, 4) is 0 Å². The number of aryl methyl sites for hydroxylation is 1. The molecule has 0 saturated carbocycles. The second kappa shape index (κ2) is 6.06. The standard InChI is InChI=1S/C19H20N2O/c1-13-7-9-15(10-8-13)17(11-20-14(2)22)18-12-21-19-6-4-3-5-16(18)19/h3-10,12,17,21H,11H2,1-2H3,(H,20,22). The Kier molecular flexibility index (Phi) is 3.96. The zero-order valence-electron chi connectivity index (χ0n) is 12.9. The first kappa shape index (κ1) is 14.4. The van der Waals surface area contributed by atoms with E-state index in [1.807, 2.05) is 12.1 Å². The maximum atomic E-state index is 11.3. The molecule has 1 unspecified atom stereocenters. The second-order valence-electron chi connectivity index (χ2n) is 5.69. The lowest BCUT2D eigenvalue weighted by atomic mass is 9.90. The summed E-state index contributed by atoms with van der Waals surface area (Å²) >= 11 is 0. The zero-order chi connectivity index (χ0) is 15.5. The van der Waals surface area contributed by atoms with E-state index in [4.69, 9.17) is 0 Å². The second-order valence-corrected chi connectivity index (χ2v) is 5.69. The molecule has 0 spiro atoms. The van der Waals surface area contributed by atoms with Crippen molar-refractivity contribution in [3.63, 3.8) is 0 Å². The van der Waals surface area contributed by atoms with Gasteiger partial charge in [-0.3, -0.25) is 4.79 Å². The maximum Gasteiger partial charge on any atom is 0.216 e. The molecule has 0 bridgehead atoms. The maximum absolute atomic E-state index is 11.3. The van der Waals surface area contributed by atoms with Crippen LogP contribution in [0, 0.1) is 6.92 Å². The van der Waals surface area contributed by atoms with Crippen molar-refractivity contribution in [2.24, 2.45) is 0 Å². The van der Waals surface area contributed by atoms with E-state index >= 15 is 0 Å². The van der Waals surface area contributed by atoms with E-state index in [1.54, 1.807) is 6.92 Å². The van der Waals surface area contributed by atoms with Gasteiger partial charge in [-0.2, -0.15) is 0 Å². The fourth-order valence-electron chi connectivity index (χ4n) is 2.83. The van der Waals surface area contributed by atoms with Gasteiger partial charge in [0.25, 0.3) is 0 Å². The number of hydrogen-bond acceptors (Lipinski definition) is 1. The highest BCUT2D eigenvalue weighted by Crippen LogP contribution is 2.30. The number of nitrogens with one attached hydrogen (secondary N) is 2. The summed E-state index contributed by atoms with van der Waals surface area (Å²) in [5.41, 5.74) is 4.79. The van der Waals surface area contributed by atoms with Gasteiger partial charge in [-0.25, -0.2) is 0 Å². The summed E-state index contributed by atoms with van der Waals surface area (Å²) in [6.45, 7) is 4.24. The molecule has 3 rings (SSSR count). The van der Waals surface area contributed by atoms with Crippen molar-refractivity contribution in [2.75, 3.05) is 6.54 Å². The van der Waals surface area contributed by atoms with Crippen molar-refractivity contribution in [2.45, 2.75) is 19.8 Å². The normalized spacial score (nSPS) is 12.3. The lowest BCUT2D eigenvalue weighted by Gasteiger charge is -2.18. The predicted octanol–water partition coefficient (Wildman–Crippen LogP) is 3.74. The highest BCUT2D eigenvalue weighted by atomic mass is 16.1. The Morgan fingerprint density at radius 2 is 1.86 bits per heavy atom. The fourth-order valence-corrected chi connectivity index (χ4v) is 2.83. The molecule has 1 amide bonds. The monoisotopic (exact) mass is 292 g/mol. The van der Waals surface area contributed by atoms with Crippen molar-refractivity contribution in [1.82, 2.24) is 10.3 Å². The molecule has 1 atom stereocenters. The Morgan fingerprint density at radius 1 is 1.14 bits per heavy atom. The van der Waals surface area contributed by atoms with E-state index in [1.165, 1.54) is 22.1 Å². The van der Waals surface area contributed by atoms with E-state index in [9.17, 15) is 4.79 Å². The molecule has 0 aliphatic heterocycles. The Bertz CT molecular complexity index is 787. The van der Waals surface area contributed by atoms with Crippen LogP contribution in [0.4, 0.5) is 0 Å². The number of para-hydroxylation sites is 1. The number of hydrogen-bond donors (Lipinski definition) is 2. The summed E-state index contributed by atoms with van der Waals surface area (Å²) in [6.07, 6.45) is 2.05. The third kappa shape index (κ3) is 2.89. The number of aromatic amines is 1. The first-order valence-corrected chi connectivity index (χ1v) is 7.52. The van der Waals surface area contributed by atoms with Crippen molar-refractivity contribution >= 4 is 16.8 Å². The van der Waals surface area contributed by atoms with Crippen molar-refractivity contribution < 1.29 is 4.79 Å². The SMILES string of the molecule is CC(=O)NCC(c1ccc(C)cc1)c1c[nH]c2ccccc12. The molecule has 112 valence electrons. The van der Waals surface area contributed by atoms with E-state index in [0.717, 1.165) is 5.52 Å². The van der Waals surface area contributed by atoms with Gasteiger partial charge in [-0.1, -0.05) is 48.0 Å². The van der Waals surface area contributed by atoms with Crippen LogP contribution in [0.3, 0.4) is 0 Å². The molecule has 1 heterocycles. The smallest absolute Gasteiger partial charge is 0.216 e. The highest BCUT2D eigenvalue weighted by Gasteiger charge is 2.18. The number of amides is 1. The number of rotatable bonds is 4. The minimum Gasteiger partial charge on any atom is -0.361 e. The molecular weight excluding hydrogens is 272 g/mol. The number of H-pyrrole nitrogens is 1. The summed E-state index contributed by atoms with van der Waals surface area (Å²) in [4.78, 5) is 14.7. The van der Waals surface area contributed by atoms with E-state index in [0.29, 0.717) is 6.54 Å². The summed E-state index contributed by atoms with van der Waals surface area (Å²) in [5.74, 6) is 0.137. The van der Waals surface area contributed by atoms with Gasteiger partial charge in [-0.05, 0) is 24.1 Å². The van der Waals surface area contributed by atoms with Crippen LogP contribution < -0.4 is 5.32 Å². The molecule has 0 fully saturated rings. The number of aromatic nitrogens is 1. The molecule has 0 aliphatic carbocycles. The zero-order valence-corrected chi connectivity index (χ0v) is 12.9. The van der Waals surface area contributed by atoms with Crippen LogP contribution in [-0.4, -0.2) is 17.4 Å². The minimum atomic E-state index is -0.00282. The molecule has 2 aromatic carbocycles. The molecule has 3 nitrogen and oxygen atoms in total. The first-order chi connectivity index (χ1) is 10.6. The van der Waals surface area contributed by atoms with Gasteiger partial charge < -0.3 is 10.3 Å². The van der Waals surface area contributed by atoms with Crippen LogP contribution in [0.1, 0.15) is 29.5 Å². The molecular formula is C19H20N2O. The molecule has 3 aromatic rings. The van der Waals surface area contributed by atoms with Crippen LogP contribution >= 0.6 is 0 Å². The Balaban J connectivity index is 2.04. The molecule has 1 aromatic heterocycles. The van der Waals surface area contributed by atoms with Crippen LogP contribution in [-0.2, 0) is 4.79 Å². The number of fused-ring (bicyclic) bond motifs is 1. The molecule has 0 aliphatic rings. The lowest BCUT2D eigenvalue weighted by molar-refractivity contribution is -0.118. The van der Waals surface area contributed by atoms with Gasteiger partial charge in [0.1, 0.15) is 0 Å². The van der Waals surface area contributed by atoms with Crippen LogP contribution in [0.5, 0.6) is 0 Å². The first-order valence-electron chi connectivity index (χ1n) is 7.52. The third-order valence-electron chi connectivity index (χ3n) is 4.03. The largest absolute Gasteiger partial charge is 0.361 e. The minimum absolute atomic E-state index is 0.00282. The van der Waals surface area contributed by atoms with Crippen LogP contribution in [0.15, 0.2) is 54.7 Å². The summed E-state index contributed by atoms with van der Waals surface area (Å²) in [6, 6.07) is 16.8. The average molecular weight is 292 g/mol. The number of benzene rings is 2. The summed E-state index contributed by atoms with van der Waals surface area (Å²) < 4.78 is 0. The van der Waals surface area contributed by atoms with Gasteiger partial charge in [0, 0.05) is 36.5 Å². The summed E-state index contributed by atoms with van der Waals surface area (Å²) in [5, 5.41) is 4.17. The Morgan fingerprint density at radius 3 is 2.59 bits per heavy atom. The van der Waals surface area contributed by atoms with Gasteiger partial charge in [0.15, 0.2) is 0 Å².